The Kier molecular flexibility index (Phi) is 3.98. The highest BCUT2D eigenvalue weighted by Crippen LogP contribution is 2.25. The van der Waals surface area contributed by atoms with Crippen molar-refractivity contribution in [2.45, 2.75) is 19.8 Å². The minimum Gasteiger partial charge on any atom is -0.384 e. The van der Waals surface area contributed by atoms with Crippen LogP contribution in [0, 0.1) is 0 Å². The summed E-state index contributed by atoms with van der Waals surface area (Å²) in [5, 5.41) is 9.52. The first-order chi connectivity index (χ1) is 8.29. The molecule has 1 aromatic carbocycles. The first-order valence-electron chi connectivity index (χ1n) is 6.17. The number of likely N-dealkylation sites (N-methyl/N-ethyl adjacent to an activating group) is 1. The van der Waals surface area contributed by atoms with Crippen molar-refractivity contribution in [1.29, 1.82) is 0 Å². The number of hydrogen-bond donors (Lipinski definition) is 3. The van der Waals surface area contributed by atoms with Gasteiger partial charge in [-0.15, -0.1) is 0 Å². The molecule has 0 fully saturated rings. The second kappa shape index (κ2) is 5.68. The number of carbonyl (C=O) groups excluding carboxylic acids is 1. The summed E-state index contributed by atoms with van der Waals surface area (Å²) in [6.45, 7) is 4.97. The molecule has 0 bridgehead atoms. The van der Waals surface area contributed by atoms with Gasteiger partial charge in [0.25, 0.3) is 0 Å². The molecule has 17 heavy (non-hydrogen) atoms. The molecule has 0 radical (unpaired) electrons. The smallest absolute Gasteiger partial charge is 0.224 e. The Labute approximate surface area is 102 Å². The lowest BCUT2D eigenvalue weighted by Gasteiger charge is -2.18. The predicted octanol–water partition coefficient (Wildman–Crippen LogP) is 1.59. The van der Waals surface area contributed by atoms with Crippen molar-refractivity contribution in [2.75, 3.05) is 30.3 Å². The third-order valence-electron chi connectivity index (χ3n) is 2.88. The Morgan fingerprint density at radius 1 is 1.29 bits per heavy atom. The van der Waals surface area contributed by atoms with Gasteiger partial charge < -0.3 is 16.0 Å². The molecule has 0 spiro atoms. The van der Waals surface area contributed by atoms with Crippen LogP contribution < -0.4 is 16.0 Å². The van der Waals surface area contributed by atoms with Gasteiger partial charge in [-0.1, -0.05) is 6.92 Å². The summed E-state index contributed by atoms with van der Waals surface area (Å²) < 4.78 is 0. The van der Waals surface area contributed by atoms with E-state index in [1.165, 1.54) is 5.56 Å². The number of anilines is 2. The van der Waals surface area contributed by atoms with Gasteiger partial charge in [0.1, 0.15) is 0 Å². The number of amides is 1. The van der Waals surface area contributed by atoms with Crippen molar-refractivity contribution in [1.82, 2.24) is 5.32 Å². The number of carbonyl (C=O) groups is 1. The summed E-state index contributed by atoms with van der Waals surface area (Å²) in [4.78, 5) is 11.2. The van der Waals surface area contributed by atoms with Gasteiger partial charge >= 0.3 is 0 Å². The molecule has 1 heterocycles. The lowest BCUT2D eigenvalue weighted by molar-refractivity contribution is -0.116. The van der Waals surface area contributed by atoms with Gasteiger partial charge in [0.2, 0.25) is 5.91 Å². The monoisotopic (exact) mass is 233 g/mol. The molecule has 3 N–H and O–H groups in total. The van der Waals surface area contributed by atoms with E-state index in [9.17, 15) is 4.79 Å². The van der Waals surface area contributed by atoms with E-state index in [1.54, 1.807) is 0 Å². The van der Waals surface area contributed by atoms with Crippen molar-refractivity contribution in [3.63, 3.8) is 0 Å². The maximum atomic E-state index is 11.2. The van der Waals surface area contributed by atoms with Gasteiger partial charge in [0.05, 0.1) is 0 Å². The third kappa shape index (κ3) is 3.20. The number of hydrogen-bond acceptors (Lipinski definition) is 3. The molecule has 0 atom stereocenters. The van der Waals surface area contributed by atoms with E-state index < -0.39 is 0 Å². The predicted molar refractivity (Wildman–Crippen MR) is 70.4 cm³/mol. The van der Waals surface area contributed by atoms with E-state index in [0.29, 0.717) is 6.42 Å². The van der Waals surface area contributed by atoms with Gasteiger partial charge in [-0.05, 0) is 36.7 Å². The molecular formula is C13H19N3O. The Balaban J connectivity index is 1.94. The molecule has 4 nitrogen and oxygen atoms in total. The number of aryl methyl sites for hydroxylation is 1. The standard InChI is InChI=1S/C13H19N3O/c1-2-14-7-8-15-11-4-5-12-10(9-11)3-6-13(17)16-12/h4-5,9,14-15H,2-3,6-8H2,1H3,(H,16,17). The highest BCUT2D eigenvalue weighted by Gasteiger charge is 2.14. The SMILES string of the molecule is CCNCCNc1ccc2c(c1)CCC(=O)N2. The molecule has 0 saturated carbocycles. The molecule has 1 amide bonds. The van der Waals surface area contributed by atoms with Crippen LogP contribution in [0.15, 0.2) is 18.2 Å². The van der Waals surface area contributed by atoms with Crippen molar-refractivity contribution >= 4 is 17.3 Å². The maximum Gasteiger partial charge on any atom is 0.224 e. The zero-order chi connectivity index (χ0) is 12.1. The zero-order valence-corrected chi connectivity index (χ0v) is 10.2. The zero-order valence-electron chi connectivity index (χ0n) is 10.2. The number of benzene rings is 1. The van der Waals surface area contributed by atoms with Crippen LogP contribution in [0.5, 0.6) is 0 Å². The summed E-state index contributed by atoms with van der Waals surface area (Å²) in [5.74, 6) is 0.116. The van der Waals surface area contributed by atoms with Crippen LogP contribution in [0.25, 0.3) is 0 Å². The fraction of sp³-hybridized carbons (Fsp3) is 0.462. The molecule has 1 aliphatic heterocycles. The summed E-state index contributed by atoms with van der Waals surface area (Å²) in [6, 6.07) is 6.11. The highest BCUT2D eigenvalue weighted by atomic mass is 16.1. The lowest BCUT2D eigenvalue weighted by Crippen LogP contribution is -2.22. The van der Waals surface area contributed by atoms with E-state index in [-0.39, 0.29) is 5.91 Å². The van der Waals surface area contributed by atoms with E-state index in [1.807, 2.05) is 12.1 Å². The van der Waals surface area contributed by atoms with Gasteiger partial charge in [-0.2, -0.15) is 0 Å². The normalized spacial score (nSPS) is 14.1. The van der Waals surface area contributed by atoms with E-state index >= 15 is 0 Å². The summed E-state index contributed by atoms with van der Waals surface area (Å²) >= 11 is 0. The lowest BCUT2D eigenvalue weighted by atomic mass is 10.0. The first-order valence-corrected chi connectivity index (χ1v) is 6.17. The van der Waals surface area contributed by atoms with Gasteiger partial charge in [0.15, 0.2) is 0 Å². The van der Waals surface area contributed by atoms with Gasteiger partial charge in [-0.25, -0.2) is 0 Å². The van der Waals surface area contributed by atoms with E-state index in [4.69, 9.17) is 0 Å². The number of fused-ring (bicyclic) bond motifs is 1. The number of nitrogens with one attached hydrogen (secondary N) is 3. The molecule has 2 rings (SSSR count). The topological polar surface area (TPSA) is 53.2 Å². The van der Waals surface area contributed by atoms with Crippen LogP contribution in [-0.2, 0) is 11.2 Å². The van der Waals surface area contributed by atoms with Crippen LogP contribution in [0.3, 0.4) is 0 Å². The molecular weight excluding hydrogens is 214 g/mol. The van der Waals surface area contributed by atoms with Crippen LogP contribution in [0.4, 0.5) is 11.4 Å². The van der Waals surface area contributed by atoms with E-state index in [0.717, 1.165) is 37.4 Å². The second-order valence-corrected chi connectivity index (χ2v) is 4.20. The van der Waals surface area contributed by atoms with Crippen LogP contribution in [0.1, 0.15) is 18.9 Å². The Morgan fingerprint density at radius 3 is 3.00 bits per heavy atom. The average molecular weight is 233 g/mol. The van der Waals surface area contributed by atoms with Gasteiger partial charge in [-0.3, -0.25) is 4.79 Å². The summed E-state index contributed by atoms with van der Waals surface area (Å²) in [7, 11) is 0. The van der Waals surface area contributed by atoms with E-state index in [2.05, 4.69) is 28.9 Å². The Morgan fingerprint density at radius 2 is 2.18 bits per heavy atom. The molecule has 0 unspecified atom stereocenters. The highest BCUT2D eigenvalue weighted by molar-refractivity contribution is 5.94. The maximum absolute atomic E-state index is 11.2. The minimum atomic E-state index is 0.116. The molecule has 0 aliphatic carbocycles. The van der Waals surface area contributed by atoms with Crippen molar-refractivity contribution in [2.24, 2.45) is 0 Å². The molecule has 1 aromatic rings. The quantitative estimate of drug-likeness (QED) is 0.677. The third-order valence-corrected chi connectivity index (χ3v) is 2.88. The molecule has 0 aromatic heterocycles. The van der Waals surface area contributed by atoms with Crippen molar-refractivity contribution in [3.05, 3.63) is 23.8 Å². The van der Waals surface area contributed by atoms with Crippen LogP contribution >= 0.6 is 0 Å². The largest absolute Gasteiger partial charge is 0.384 e. The Bertz CT molecular complexity index is 404. The fourth-order valence-electron chi connectivity index (χ4n) is 1.97. The first kappa shape index (κ1) is 11.9. The fourth-order valence-corrected chi connectivity index (χ4v) is 1.97. The van der Waals surface area contributed by atoms with Gasteiger partial charge in [0, 0.05) is 30.9 Å². The summed E-state index contributed by atoms with van der Waals surface area (Å²) in [5.41, 5.74) is 3.30. The average Bonchev–Trinajstić information content (AvgIpc) is 2.35. The summed E-state index contributed by atoms with van der Waals surface area (Å²) in [6.07, 6.45) is 1.43. The van der Waals surface area contributed by atoms with Crippen molar-refractivity contribution in [3.8, 4) is 0 Å². The molecule has 92 valence electrons. The number of rotatable bonds is 5. The second-order valence-electron chi connectivity index (χ2n) is 4.20. The van der Waals surface area contributed by atoms with Crippen LogP contribution in [0.2, 0.25) is 0 Å². The molecule has 0 saturated heterocycles. The minimum absolute atomic E-state index is 0.116. The Hall–Kier alpha value is -1.55. The molecule has 4 heteroatoms. The molecule has 1 aliphatic rings. The van der Waals surface area contributed by atoms with Crippen molar-refractivity contribution < 1.29 is 4.79 Å². The van der Waals surface area contributed by atoms with Crippen LogP contribution in [-0.4, -0.2) is 25.5 Å².